The van der Waals surface area contributed by atoms with Crippen molar-refractivity contribution >= 4 is 5.91 Å². The fourth-order valence-electron chi connectivity index (χ4n) is 1.58. The maximum Gasteiger partial charge on any atom is 0.218 e. The number of hydrogen-bond acceptors (Lipinski definition) is 3. The van der Waals surface area contributed by atoms with Crippen LogP contribution in [0.25, 0.3) is 0 Å². The molecule has 1 heterocycles. The maximum absolute atomic E-state index is 10.5. The van der Waals surface area contributed by atoms with Crippen molar-refractivity contribution < 1.29 is 4.79 Å². The van der Waals surface area contributed by atoms with Gasteiger partial charge in [0.05, 0.1) is 0 Å². The Kier molecular flexibility index (Phi) is 2.93. The fourth-order valence-corrected chi connectivity index (χ4v) is 1.58. The largest absolute Gasteiger partial charge is 0.370 e. The predicted molar refractivity (Wildman–Crippen MR) is 52.0 cm³/mol. The Morgan fingerprint density at radius 1 is 1.54 bits per heavy atom. The van der Waals surface area contributed by atoms with Crippen molar-refractivity contribution in [3.8, 4) is 0 Å². The van der Waals surface area contributed by atoms with Gasteiger partial charge < -0.3 is 11.5 Å². The van der Waals surface area contributed by atoms with Crippen molar-refractivity contribution in [3.05, 3.63) is 0 Å². The molecule has 0 aliphatic carbocycles. The minimum atomic E-state index is -0.237. The van der Waals surface area contributed by atoms with Crippen LogP contribution in [0.4, 0.5) is 0 Å². The smallest absolute Gasteiger partial charge is 0.218 e. The summed E-state index contributed by atoms with van der Waals surface area (Å²) in [6.07, 6.45) is 0.439. The number of likely N-dealkylation sites (tertiary alicyclic amines) is 1. The molecule has 0 bridgehead atoms. The molecule has 4 N–H and O–H groups in total. The first-order valence-electron chi connectivity index (χ1n) is 4.73. The van der Waals surface area contributed by atoms with Crippen LogP contribution in [0.15, 0.2) is 0 Å². The van der Waals surface area contributed by atoms with E-state index in [9.17, 15) is 4.79 Å². The highest BCUT2D eigenvalue weighted by Gasteiger charge is 2.41. The van der Waals surface area contributed by atoms with Gasteiger partial charge in [-0.05, 0) is 5.92 Å². The molecule has 0 unspecified atom stereocenters. The van der Waals surface area contributed by atoms with Gasteiger partial charge in [0.2, 0.25) is 5.91 Å². The SMILES string of the molecule is CC(C)C1(N)CN(CCC(N)=O)C1. The van der Waals surface area contributed by atoms with Crippen LogP contribution in [0.2, 0.25) is 0 Å². The van der Waals surface area contributed by atoms with Gasteiger partial charge in [0, 0.05) is 31.6 Å². The van der Waals surface area contributed by atoms with Crippen molar-refractivity contribution in [1.29, 1.82) is 0 Å². The summed E-state index contributed by atoms with van der Waals surface area (Å²) in [5.74, 6) is 0.261. The second kappa shape index (κ2) is 3.64. The molecule has 4 heteroatoms. The first kappa shape index (κ1) is 10.5. The first-order valence-corrected chi connectivity index (χ1v) is 4.73. The number of hydrogen-bond donors (Lipinski definition) is 2. The van der Waals surface area contributed by atoms with Gasteiger partial charge in [-0.2, -0.15) is 0 Å². The van der Waals surface area contributed by atoms with Gasteiger partial charge in [0.1, 0.15) is 0 Å². The van der Waals surface area contributed by atoms with Crippen LogP contribution in [-0.4, -0.2) is 36.0 Å². The van der Waals surface area contributed by atoms with E-state index in [1.807, 2.05) is 0 Å². The normalized spacial score (nSPS) is 21.5. The van der Waals surface area contributed by atoms with Crippen LogP contribution in [0.1, 0.15) is 20.3 Å². The summed E-state index contributed by atoms with van der Waals surface area (Å²) in [7, 11) is 0. The standard InChI is InChI=1S/C9H19N3O/c1-7(2)9(11)5-12(6-9)4-3-8(10)13/h7H,3-6,11H2,1-2H3,(H2,10,13). The quantitative estimate of drug-likeness (QED) is 0.622. The van der Waals surface area contributed by atoms with Gasteiger partial charge in [0.15, 0.2) is 0 Å². The minimum Gasteiger partial charge on any atom is -0.370 e. The topological polar surface area (TPSA) is 72.3 Å². The number of rotatable bonds is 4. The van der Waals surface area contributed by atoms with Crippen LogP contribution in [-0.2, 0) is 4.79 Å². The van der Waals surface area contributed by atoms with E-state index in [0.29, 0.717) is 12.3 Å². The molecule has 1 fully saturated rings. The molecule has 1 amide bonds. The van der Waals surface area contributed by atoms with Crippen LogP contribution in [0, 0.1) is 5.92 Å². The third kappa shape index (κ3) is 2.42. The van der Waals surface area contributed by atoms with Gasteiger partial charge in [-0.25, -0.2) is 0 Å². The molecule has 0 aromatic heterocycles. The molecule has 1 saturated heterocycles. The van der Waals surface area contributed by atoms with E-state index in [1.54, 1.807) is 0 Å². The molecule has 4 nitrogen and oxygen atoms in total. The zero-order valence-electron chi connectivity index (χ0n) is 8.42. The van der Waals surface area contributed by atoms with Crippen molar-refractivity contribution in [2.75, 3.05) is 19.6 Å². The minimum absolute atomic E-state index is 0.0440. The molecule has 0 saturated carbocycles. The molecule has 0 aromatic carbocycles. The zero-order valence-corrected chi connectivity index (χ0v) is 8.42. The number of amides is 1. The van der Waals surface area contributed by atoms with Crippen LogP contribution in [0.3, 0.4) is 0 Å². The van der Waals surface area contributed by atoms with Crippen LogP contribution < -0.4 is 11.5 Å². The van der Waals surface area contributed by atoms with Crippen LogP contribution >= 0.6 is 0 Å². The van der Waals surface area contributed by atoms with E-state index in [2.05, 4.69) is 18.7 Å². The number of primary amides is 1. The number of carbonyl (C=O) groups excluding carboxylic acids is 1. The highest BCUT2D eigenvalue weighted by molar-refractivity contribution is 5.73. The molecule has 13 heavy (non-hydrogen) atoms. The third-order valence-corrected chi connectivity index (χ3v) is 2.86. The Hall–Kier alpha value is -0.610. The summed E-state index contributed by atoms with van der Waals surface area (Å²) in [4.78, 5) is 12.7. The van der Waals surface area contributed by atoms with Crippen molar-refractivity contribution in [1.82, 2.24) is 4.90 Å². The summed E-state index contributed by atoms with van der Waals surface area (Å²) in [6.45, 7) is 6.79. The van der Waals surface area contributed by atoms with Gasteiger partial charge in [-0.1, -0.05) is 13.8 Å². The van der Waals surface area contributed by atoms with E-state index in [0.717, 1.165) is 19.6 Å². The van der Waals surface area contributed by atoms with Crippen molar-refractivity contribution in [2.45, 2.75) is 25.8 Å². The first-order chi connectivity index (χ1) is 5.94. The summed E-state index contributed by atoms with van der Waals surface area (Å²) < 4.78 is 0. The molecule has 76 valence electrons. The van der Waals surface area contributed by atoms with Crippen LogP contribution in [0.5, 0.6) is 0 Å². The lowest BCUT2D eigenvalue weighted by Gasteiger charge is -2.50. The van der Waals surface area contributed by atoms with Gasteiger partial charge in [0.25, 0.3) is 0 Å². The number of nitrogens with zero attached hydrogens (tertiary/aromatic N) is 1. The van der Waals surface area contributed by atoms with E-state index in [1.165, 1.54) is 0 Å². The Morgan fingerprint density at radius 3 is 2.46 bits per heavy atom. The summed E-state index contributed by atoms with van der Waals surface area (Å²) in [5, 5.41) is 0. The molecular weight excluding hydrogens is 166 g/mol. The monoisotopic (exact) mass is 185 g/mol. The second-order valence-electron chi connectivity index (χ2n) is 4.31. The average Bonchev–Trinajstić information content (AvgIpc) is 1.95. The highest BCUT2D eigenvalue weighted by atomic mass is 16.1. The Labute approximate surface area is 79.3 Å². The maximum atomic E-state index is 10.5. The van der Waals surface area contributed by atoms with Crippen molar-refractivity contribution in [3.63, 3.8) is 0 Å². The molecule has 1 aliphatic heterocycles. The van der Waals surface area contributed by atoms with Gasteiger partial charge in [-0.15, -0.1) is 0 Å². The lowest BCUT2D eigenvalue weighted by atomic mass is 9.80. The third-order valence-electron chi connectivity index (χ3n) is 2.86. The molecule has 0 spiro atoms. The van der Waals surface area contributed by atoms with Crippen molar-refractivity contribution in [2.24, 2.45) is 17.4 Å². The van der Waals surface area contributed by atoms with E-state index < -0.39 is 0 Å². The molecular formula is C9H19N3O. The molecule has 1 aliphatic rings. The Bertz CT molecular complexity index is 197. The summed E-state index contributed by atoms with van der Waals surface area (Å²) >= 11 is 0. The van der Waals surface area contributed by atoms with E-state index in [-0.39, 0.29) is 11.4 Å². The molecule has 0 radical (unpaired) electrons. The Balaban J connectivity index is 2.21. The van der Waals surface area contributed by atoms with Gasteiger partial charge >= 0.3 is 0 Å². The number of carbonyl (C=O) groups is 1. The summed E-state index contributed by atoms with van der Waals surface area (Å²) in [6, 6.07) is 0. The molecule has 0 aromatic rings. The highest BCUT2D eigenvalue weighted by Crippen LogP contribution is 2.25. The average molecular weight is 185 g/mol. The van der Waals surface area contributed by atoms with E-state index in [4.69, 9.17) is 11.5 Å². The number of nitrogens with two attached hydrogens (primary N) is 2. The molecule has 1 rings (SSSR count). The summed E-state index contributed by atoms with van der Waals surface area (Å²) in [5.41, 5.74) is 11.1. The van der Waals surface area contributed by atoms with Gasteiger partial charge in [-0.3, -0.25) is 9.69 Å². The molecule has 0 atom stereocenters. The lowest BCUT2D eigenvalue weighted by molar-refractivity contribution is -0.118. The second-order valence-corrected chi connectivity index (χ2v) is 4.31. The fraction of sp³-hybridized carbons (Fsp3) is 0.889. The Morgan fingerprint density at radius 2 is 2.08 bits per heavy atom. The van der Waals surface area contributed by atoms with E-state index >= 15 is 0 Å². The zero-order chi connectivity index (χ0) is 10.1. The lowest BCUT2D eigenvalue weighted by Crippen LogP contribution is -2.70. The predicted octanol–water partition coefficient (Wildman–Crippen LogP) is -0.469.